The van der Waals surface area contributed by atoms with E-state index >= 15 is 0 Å². The van der Waals surface area contributed by atoms with Gasteiger partial charge in [0.05, 0.1) is 27.8 Å². The zero-order chi connectivity index (χ0) is 73.9. The molecule has 0 radical (unpaired) electrons. The molecule has 15 rings (SSSR count). The summed E-state index contributed by atoms with van der Waals surface area (Å²) in [6.45, 7) is 51.5. The van der Waals surface area contributed by atoms with E-state index in [0.717, 1.165) is 34.1 Å². The van der Waals surface area contributed by atoms with Crippen LogP contribution in [0.15, 0.2) is 243 Å². The van der Waals surface area contributed by atoms with Gasteiger partial charge in [-0.3, -0.25) is 0 Å². The summed E-state index contributed by atoms with van der Waals surface area (Å²) < 4.78 is 2.53. The van der Waals surface area contributed by atoms with E-state index in [1.807, 2.05) is 0 Å². The van der Waals surface area contributed by atoms with Crippen molar-refractivity contribution in [2.45, 2.75) is 202 Å². The molecule has 526 valence electrons. The molecule has 2 aliphatic rings. The minimum Gasteiger partial charge on any atom is -0.310 e. The Bertz CT molecular complexity index is 5420. The predicted octanol–water partition coefficient (Wildman–Crippen LogP) is 28.5. The molecule has 0 bridgehead atoms. The van der Waals surface area contributed by atoms with E-state index in [4.69, 9.17) is 0 Å². The summed E-state index contributed by atoms with van der Waals surface area (Å²) in [6.07, 6.45) is 0. The van der Waals surface area contributed by atoms with Gasteiger partial charge < -0.3 is 14.4 Å². The van der Waals surface area contributed by atoms with Crippen LogP contribution >= 0.6 is 0 Å². The van der Waals surface area contributed by atoms with Crippen molar-refractivity contribution in [2.24, 2.45) is 0 Å². The molecule has 0 saturated heterocycles. The van der Waals surface area contributed by atoms with Gasteiger partial charge in [-0.1, -0.05) is 298 Å². The average molecular weight is 1360 g/mol. The van der Waals surface area contributed by atoms with Crippen molar-refractivity contribution in [3.05, 3.63) is 315 Å². The minimum absolute atomic E-state index is 0.00321. The zero-order valence-electron chi connectivity index (χ0n) is 66.0. The maximum atomic E-state index is 2.71. The molecule has 2 aliphatic carbocycles. The topological polar surface area (TPSA) is 11.4 Å². The van der Waals surface area contributed by atoms with E-state index in [1.165, 1.54) is 133 Å². The van der Waals surface area contributed by atoms with Crippen LogP contribution in [0.5, 0.6) is 0 Å². The van der Waals surface area contributed by atoms with Crippen molar-refractivity contribution in [3.63, 3.8) is 0 Å². The standard InChI is InChI=1S/C101H107N3/c1-63(2)64-31-47-73(48-32-64)102(74-49-37-66(38-50-74)95(6,7)8)88-61-84-90(79-28-24-23-27-78(79)88)92-85(62-89(93-91(92)80-29-25-26-30-83(80)100(93,21)22)103(75-51-39-67(40-52-75)96(9,10)11)76-53-41-68(42-54-76)97(12,13)14)101(84,70-35-33-65(34-36-70)94(3,4)5)72-46-58-87-82(60-72)81-59-71(99(18,19)20)45-57-86(81)104(87)77-55-43-69(44-56-77)98(15,16)17/h23-63H,1-22H3. The summed E-state index contributed by atoms with van der Waals surface area (Å²) in [5.74, 6) is 0.372. The first kappa shape index (κ1) is 70.0. The molecule has 1 atom stereocenters. The molecular weight excluding hydrogens is 1260 g/mol. The van der Waals surface area contributed by atoms with Crippen LogP contribution in [-0.2, 0) is 43.3 Å². The fraction of sp³-hybridized carbons (Fsp3) is 0.307. The Hall–Kier alpha value is -9.70. The number of anilines is 6. The third kappa shape index (κ3) is 11.5. The van der Waals surface area contributed by atoms with E-state index in [-0.39, 0.29) is 32.5 Å². The highest BCUT2D eigenvalue weighted by Gasteiger charge is 2.53. The van der Waals surface area contributed by atoms with Gasteiger partial charge in [0, 0.05) is 50.0 Å². The second-order valence-corrected chi connectivity index (χ2v) is 37.3. The largest absolute Gasteiger partial charge is 0.310 e. The number of fused-ring (bicyclic) bond motifs is 12. The molecule has 1 aromatic heterocycles. The number of rotatable bonds is 10. The van der Waals surface area contributed by atoms with E-state index in [2.05, 4.69) is 409 Å². The van der Waals surface area contributed by atoms with E-state index < -0.39 is 10.8 Å². The highest BCUT2D eigenvalue weighted by atomic mass is 15.2. The van der Waals surface area contributed by atoms with Crippen LogP contribution in [0, 0.1) is 0 Å². The van der Waals surface area contributed by atoms with Crippen LogP contribution in [0.2, 0.25) is 0 Å². The number of hydrogen-bond acceptors (Lipinski definition) is 2. The average Bonchev–Trinajstić information content (AvgIpc) is 1.49. The van der Waals surface area contributed by atoms with E-state index in [9.17, 15) is 0 Å². The molecule has 1 unspecified atom stereocenters. The molecule has 3 heteroatoms. The van der Waals surface area contributed by atoms with Gasteiger partial charge in [-0.05, 0) is 235 Å². The summed E-state index contributed by atoms with van der Waals surface area (Å²) in [5, 5.41) is 4.88. The van der Waals surface area contributed by atoms with Crippen molar-refractivity contribution in [1.29, 1.82) is 0 Å². The monoisotopic (exact) mass is 1360 g/mol. The highest BCUT2D eigenvalue weighted by Crippen LogP contribution is 2.68. The molecule has 0 saturated carbocycles. The highest BCUT2D eigenvalue weighted by molar-refractivity contribution is 6.16. The number of benzene rings is 12. The van der Waals surface area contributed by atoms with Crippen molar-refractivity contribution in [2.75, 3.05) is 9.80 Å². The lowest BCUT2D eigenvalue weighted by Gasteiger charge is -2.38. The lowest BCUT2D eigenvalue weighted by atomic mass is 9.66. The first-order chi connectivity index (χ1) is 48.9. The third-order valence-corrected chi connectivity index (χ3v) is 23.4. The maximum Gasteiger partial charge on any atom is 0.0715 e. The summed E-state index contributed by atoms with van der Waals surface area (Å²) in [4.78, 5) is 5.20. The molecule has 0 N–H and O–H groups in total. The minimum atomic E-state index is -0.967. The molecule has 1 heterocycles. The Morgan fingerprint density at radius 3 is 1.16 bits per heavy atom. The number of aromatic nitrogens is 1. The normalized spacial score (nSPS) is 15.2. The van der Waals surface area contributed by atoms with Crippen LogP contribution in [0.25, 0.3) is 60.5 Å². The molecule has 104 heavy (non-hydrogen) atoms. The summed E-state index contributed by atoms with van der Waals surface area (Å²) >= 11 is 0. The van der Waals surface area contributed by atoms with Gasteiger partial charge in [-0.15, -0.1) is 0 Å². The molecule has 3 nitrogen and oxygen atoms in total. The van der Waals surface area contributed by atoms with Crippen LogP contribution in [0.1, 0.15) is 231 Å². The second kappa shape index (κ2) is 24.5. The molecule has 0 spiro atoms. The fourth-order valence-corrected chi connectivity index (χ4v) is 17.2. The lowest BCUT2D eigenvalue weighted by molar-refractivity contribution is 0.589. The molecule has 13 aromatic rings. The summed E-state index contributed by atoms with van der Waals surface area (Å²) in [7, 11) is 0. The fourth-order valence-electron chi connectivity index (χ4n) is 17.2. The zero-order valence-corrected chi connectivity index (χ0v) is 66.0. The summed E-state index contributed by atoms with van der Waals surface area (Å²) in [6, 6.07) is 96.4. The Morgan fingerprint density at radius 1 is 0.308 bits per heavy atom. The Balaban J connectivity index is 1.17. The molecular formula is C101H107N3. The Morgan fingerprint density at radius 2 is 0.683 bits per heavy atom. The van der Waals surface area contributed by atoms with Gasteiger partial charge in [0.25, 0.3) is 0 Å². The Labute approximate surface area is 621 Å². The van der Waals surface area contributed by atoms with Crippen LogP contribution in [0.4, 0.5) is 34.1 Å². The van der Waals surface area contributed by atoms with E-state index in [0.29, 0.717) is 5.92 Å². The van der Waals surface area contributed by atoms with Gasteiger partial charge in [-0.25, -0.2) is 0 Å². The van der Waals surface area contributed by atoms with Gasteiger partial charge in [0.1, 0.15) is 0 Å². The second-order valence-electron chi connectivity index (χ2n) is 37.3. The maximum absolute atomic E-state index is 2.71. The van der Waals surface area contributed by atoms with Gasteiger partial charge in [0.2, 0.25) is 0 Å². The number of hydrogen-bond donors (Lipinski definition) is 0. The summed E-state index contributed by atoms with van der Waals surface area (Å²) in [5.41, 5.74) is 30.4. The third-order valence-electron chi connectivity index (χ3n) is 23.4. The number of nitrogens with zero attached hydrogens (tertiary/aromatic N) is 3. The molecule has 0 aliphatic heterocycles. The van der Waals surface area contributed by atoms with Crippen molar-refractivity contribution in [3.8, 4) is 27.9 Å². The van der Waals surface area contributed by atoms with Crippen molar-refractivity contribution < 1.29 is 0 Å². The van der Waals surface area contributed by atoms with Gasteiger partial charge in [-0.2, -0.15) is 0 Å². The molecule has 0 fully saturated rings. The van der Waals surface area contributed by atoms with Crippen LogP contribution < -0.4 is 9.80 Å². The smallest absolute Gasteiger partial charge is 0.0715 e. The van der Waals surface area contributed by atoms with Crippen molar-refractivity contribution >= 4 is 66.7 Å². The predicted molar refractivity (Wildman–Crippen MR) is 449 cm³/mol. The molecule has 0 amide bonds. The van der Waals surface area contributed by atoms with Gasteiger partial charge >= 0.3 is 0 Å². The Kier molecular flexibility index (Phi) is 16.5. The van der Waals surface area contributed by atoms with Crippen molar-refractivity contribution in [1.82, 2.24) is 4.57 Å². The lowest BCUT2D eigenvalue weighted by Crippen LogP contribution is -2.30. The first-order valence-electron chi connectivity index (χ1n) is 38.2. The SMILES string of the molecule is CC(C)c1ccc(N(c2ccc(C(C)(C)C)cc2)c2cc3c(c4ccccc24)-c2c(cc(N(c4ccc(C(C)(C)C)cc4)c4ccc(C(C)(C)C)cc4)c4c2-c2ccccc2C4(C)C)C3(c2ccc(C(C)(C)C)cc2)c2ccc3c(c2)c2cc(C(C)(C)C)ccc2n3-c2ccc(C(C)(C)C)cc2)cc1. The first-order valence-corrected chi connectivity index (χ1v) is 38.2. The van der Waals surface area contributed by atoms with Gasteiger partial charge in [0.15, 0.2) is 0 Å². The van der Waals surface area contributed by atoms with E-state index in [1.54, 1.807) is 0 Å². The molecule has 12 aromatic carbocycles. The quantitative estimate of drug-likeness (QED) is 0.135. The van der Waals surface area contributed by atoms with Crippen LogP contribution in [-0.4, -0.2) is 4.57 Å². The van der Waals surface area contributed by atoms with Crippen LogP contribution in [0.3, 0.4) is 0 Å².